The number of hydrogen-bond acceptors (Lipinski definition) is 4. The standard InChI is InChI=1S/C15H26N2OS/c1-5-15(6-2)9-13(7-8-18-15)16-10-14-17-11(3)12(4)19-14/h13,16H,5-10H2,1-4H3. The topological polar surface area (TPSA) is 34.2 Å². The van der Waals surface area contributed by atoms with E-state index in [9.17, 15) is 0 Å². The third-order valence-corrected chi connectivity index (χ3v) is 5.47. The summed E-state index contributed by atoms with van der Waals surface area (Å²) in [5.41, 5.74) is 1.27. The average molecular weight is 282 g/mol. The Balaban J connectivity index is 1.89. The minimum Gasteiger partial charge on any atom is -0.375 e. The van der Waals surface area contributed by atoms with Crippen LogP contribution in [0, 0.1) is 13.8 Å². The summed E-state index contributed by atoms with van der Waals surface area (Å²) in [7, 11) is 0. The Bertz CT molecular complexity index is 393. The molecule has 4 heteroatoms. The van der Waals surface area contributed by atoms with Gasteiger partial charge in [-0.1, -0.05) is 13.8 Å². The summed E-state index contributed by atoms with van der Waals surface area (Å²) in [5.74, 6) is 0. The van der Waals surface area contributed by atoms with Crippen LogP contribution in [0.3, 0.4) is 0 Å². The Morgan fingerprint density at radius 2 is 2.11 bits per heavy atom. The summed E-state index contributed by atoms with van der Waals surface area (Å²) in [5, 5.41) is 4.88. The fourth-order valence-electron chi connectivity index (χ4n) is 2.79. The molecule has 0 amide bonds. The zero-order chi connectivity index (χ0) is 13.9. The van der Waals surface area contributed by atoms with Gasteiger partial charge in [0.1, 0.15) is 5.01 Å². The maximum absolute atomic E-state index is 6.02. The summed E-state index contributed by atoms with van der Waals surface area (Å²) in [6.07, 6.45) is 4.46. The SMILES string of the molecule is CCC1(CC)CC(NCc2nc(C)c(C)s2)CCO1. The minimum absolute atomic E-state index is 0.102. The van der Waals surface area contributed by atoms with E-state index in [0.29, 0.717) is 6.04 Å². The van der Waals surface area contributed by atoms with E-state index in [4.69, 9.17) is 4.74 Å². The van der Waals surface area contributed by atoms with E-state index in [1.54, 1.807) is 0 Å². The van der Waals surface area contributed by atoms with Crippen LogP contribution in [0.5, 0.6) is 0 Å². The van der Waals surface area contributed by atoms with Gasteiger partial charge < -0.3 is 10.1 Å². The summed E-state index contributed by atoms with van der Waals surface area (Å²) in [6, 6.07) is 0.568. The first-order valence-electron chi connectivity index (χ1n) is 7.39. The van der Waals surface area contributed by atoms with E-state index in [0.717, 1.165) is 38.8 Å². The predicted octanol–water partition coefficient (Wildman–Crippen LogP) is 3.59. The normalized spacial score (nSPS) is 22.6. The lowest BCUT2D eigenvalue weighted by molar-refractivity contribution is -0.0932. The molecule has 108 valence electrons. The first-order valence-corrected chi connectivity index (χ1v) is 8.20. The molecule has 1 unspecified atom stereocenters. The van der Waals surface area contributed by atoms with Crippen LogP contribution in [0.2, 0.25) is 0 Å². The highest BCUT2D eigenvalue weighted by Gasteiger charge is 2.34. The summed E-state index contributed by atoms with van der Waals surface area (Å²) in [6.45, 7) is 10.5. The van der Waals surface area contributed by atoms with Crippen molar-refractivity contribution in [3.63, 3.8) is 0 Å². The maximum Gasteiger partial charge on any atom is 0.107 e. The Morgan fingerprint density at radius 1 is 1.37 bits per heavy atom. The highest BCUT2D eigenvalue weighted by atomic mass is 32.1. The third-order valence-electron chi connectivity index (χ3n) is 4.40. The summed E-state index contributed by atoms with van der Waals surface area (Å²) < 4.78 is 6.02. The van der Waals surface area contributed by atoms with E-state index < -0.39 is 0 Å². The van der Waals surface area contributed by atoms with Crippen LogP contribution >= 0.6 is 11.3 Å². The molecule has 1 atom stereocenters. The number of hydrogen-bond donors (Lipinski definition) is 1. The molecule has 1 aliphatic rings. The molecule has 2 rings (SSSR count). The molecule has 1 N–H and O–H groups in total. The van der Waals surface area contributed by atoms with Gasteiger partial charge in [0.05, 0.1) is 11.3 Å². The minimum atomic E-state index is 0.102. The molecule has 0 aromatic carbocycles. The lowest BCUT2D eigenvalue weighted by atomic mass is 9.86. The van der Waals surface area contributed by atoms with E-state index in [-0.39, 0.29) is 5.60 Å². The molecule has 0 radical (unpaired) electrons. The molecule has 2 heterocycles. The largest absolute Gasteiger partial charge is 0.375 e. The predicted molar refractivity (Wildman–Crippen MR) is 80.7 cm³/mol. The Labute approximate surface area is 120 Å². The van der Waals surface area contributed by atoms with Crippen LogP contribution in [0.1, 0.15) is 55.1 Å². The van der Waals surface area contributed by atoms with Crippen LogP contribution in [0.15, 0.2) is 0 Å². The van der Waals surface area contributed by atoms with Crippen molar-refractivity contribution >= 4 is 11.3 Å². The number of ether oxygens (including phenoxy) is 1. The zero-order valence-electron chi connectivity index (χ0n) is 12.6. The summed E-state index contributed by atoms with van der Waals surface area (Å²) in [4.78, 5) is 5.93. The first kappa shape index (κ1) is 14.9. The third kappa shape index (κ3) is 3.56. The van der Waals surface area contributed by atoms with E-state index in [2.05, 4.69) is 38.0 Å². The van der Waals surface area contributed by atoms with Crippen molar-refractivity contribution in [2.45, 2.75) is 71.6 Å². The van der Waals surface area contributed by atoms with Gasteiger partial charge in [0.15, 0.2) is 0 Å². The molecule has 1 aromatic heterocycles. The van der Waals surface area contributed by atoms with E-state index in [1.165, 1.54) is 15.6 Å². The molecule has 1 fully saturated rings. The van der Waals surface area contributed by atoms with Crippen molar-refractivity contribution < 1.29 is 4.74 Å². The monoisotopic (exact) mass is 282 g/mol. The lowest BCUT2D eigenvalue weighted by Crippen LogP contribution is -2.46. The van der Waals surface area contributed by atoms with Crippen molar-refractivity contribution in [2.75, 3.05) is 6.61 Å². The van der Waals surface area contributed by atoms with Crippen LogP contribution in [-0.2, 0) is 11.3 Å². The Kier molecular flexibility index (Phi) is 4.98. The van der Waals surface area contributed by atoms with Gasteiger partial charge in [-0.05, 0) is 39.5 Å². The second kappa shape index (κ2) is 6.33. The van der Waals surface area contributed by atoms with Crippen LogP contribution in [0.4, 0.5) is 0 Å². The fraction of sp³-hybridized carbons (Fsp3) is 0.800. The molecule has 0 spiro atoms. The molecule has 0 saturated carbocycles. The van der Waals surface area contributed by atoms with Crippen LogP contribution < -0.4 is 5.32 Å². The van der Waals surface area contributed by atoms with Crippen molar-refractivity contribution in [3.05, 3.63) is 15.6 Å². The van der Waals surface area contributed by atoms with Gasteiger partial charge in [-0.15, -0.1) is 11.3 Å². The van der Waals surface area contributed by atoms with E-state index >= 15 is 0 Å². The highest BCUT2D eigenvalue weighted by Crippen LogP contribution is 2.31. The van der Waals surface area contributed by atoms with Gasteiger partial charge in [0.2, 0.25) is 0 Å². The lowest BCUT2D eigenvalue weighted by Gasteiger charge is -2.40. The number of aryl methyl sites for hydroxylation is 2. The van der Waals surface area contributed by atoms with Gasteiger partial charge in [-0.2, -0.15) is 0 Å². The van der Waals surface area contributed by atoms with Crippen LogP contribution in [-0.4, -0.2) is 23.2 Å². The second-order valence-electron chi connectivity index (χ2n) is 5.56. The molecule has 3 nitrogen and oxygen atoms in total. The van der Waals surface area contributed by atoms with Gasteiger partial charge >= 0.3 is 0 Å². The number of nitrogens with one attached hydrogen (secondary N) is 1. The number of aromatic nitrogens is 1. The molecule has 1 aliphatic heterocycles. The Hall–Kier alpha value is -0.450. The molecule has 0 aliphatic carbocycles. The molecule has 1 saturated heterocycles. The van der Waals surface area contributed by atoms with Crippen molar-refractivity contribution in [1.82, 2.24) is 10.3 Å². The van der Waals surface area contributed by atoms with E-state index in [1.807, 2.05) is 11.3 Å². The maximum atomic E-state index is 6.02. The highest BCUT2D eigenvalue weighted by molar-refractivity contribution is 7.11. The molecular weight excluding hydrogens is 256 g/mol. The van der Waals surface area contributed by atoms with Crippen molar-refractivity contribution in [1.29, 1.82) is 0 Å². The fourth-order valence-corrected chi connectivity index (χ4v) is 3.68. The van der Waals surface area contributed by atoms with Gasteiger partial charge in [0.25, 0.3) is 0 Å². The number of thiazole rings is 1. The van der Waals surface area contributed by atoms with Crippen molar-refractivity contribution in [2.24, 2.45) is 0 Å². The zero-order valence-corrected chi connectivity index (χ0v) is 13.4. The smallest absolute Gasteiger partial charge is 0.107 e. The molecule has 19 heavy (non-hydrogen) atoms. The first-order chi connectivity index (χ1) is 9.08. The Morgan fingerprint density at radius 3 is 2.68 bits per heavy atom. The number of rotatable bonds is 5. The molecule has 1 aromatic rings. The van der Waals surface area contributed by atoms with Gasteiger partial charge in [-0.3, -0.25) is 0 Å². The van der Waals surface area contributed by atoms with Crippen LogP contribution in [0.25, 0.3) is 0 Å². The average Bonchev–Trinajstić information content (AvgIpc) is 2.76. The van der Waals surface area contributed by atoms with Gasteiger partial charge in [-0.25, -0.2) is 4.98 Å². The molecule has 0 bridgehead atoms. The second-order valence-corrected chi connectivity index (χ2v) is 6.85. The molecular formula is C15H26N2OS. The summed E-state index contributed by atoms with van der Waals surface area (Å²) >= 11 is 1.81. The van der Waals surface area contributed by atoms with Crippen molar-refractivity contribution in [3.8, 4) is 0 Å². The number of nitrogens with zero attached hydrogens (tertiary/aromatic N) is 1. The van der Waals surface area contributed by atoms with Gasteiger partial charge in [0, 0.05) is 24.1 Å². The quantitative estimate of drug-likeness (QED) is 0.896.